The van der Waals surface area contributed by atoms with Crippen LogP contribution in [0.25, 0.3) is 11.0 Å². The number of sulfonamides is 1. The number of fused-ring (bicyclic) bond motifs is 1. The Bertz CT molecular complexity index is 1410. The van der Waals surface area contributed by atoms with Gasteiger partial charge in [-0.1, -0.05) is 32.9 Å². The van der Waals surface area contributed by atoms with E-state index in [0.29, 0.717) is 40.6 Å². The van der Waals surface area contributed by atoms with Gasteiger partial charge in [-0.15, -0.1) is 11.8 Å². The second-order valence-corrected chi connectivity index (χ2v) is 11.4. The maximum atomic E-state index is 13.1. The van der Waals surface area contributed by atoms with E-state index >= 15 is 0 Å². The van der Waals surface area contributed by atoms with Gasteiger partial charge in [0.25, 0.3) is 5.56 Å². The zero-order chi connectivity index (χ0) is 24.5. The maximum Gasteiger partial charge on any atom is 0.332 e. The summed E-state index contributed by atoms with van der Waals surface area (Å²) in [5, 5.41) is 0.784. The molecule has 1 aromatic carbocycles. The van der Waals surface area contributed by atoms with Crippen molar-refractivity contribution in [1.82, 2.24) is 23.4 Å². The highest BCUT2D eigenvalue weighted by Gasteiger charge is 2.21. The van der Waals surface area contributed by atoms with Gasteiger partial charge in [0.1, 0.15) is 16.2 Å². The Morgan fingerprint density at radius 1 is 1.15 bits per heavy atom. The monoisotopic (exact) mass is 491 g/mol. The van der Waals surface area contributed by atoms with Crippen LogP contribution < -0.4 is 11.2 Å². The Labute approximate surface area is 197 Å². The van der Waals surface area contributed by atoms with Crippen LogP contribution in [-0.2, 0) is 29.4 Å². The van der Waals surface area contributed by atoms with E-state index in [-0.39, 0.29) is 10.8 Å². The van der Waals surface area contributed by atoms with Crippen molar-refractivity contribution in [2.45, 2.75) is 55.3 Å². The van der Waals surface area contributed by atoms with E-state index in [1.54, 1.807) is 18.2 Å². The molecule has 0 N–H and O–H groups in total. The van der Waals surface area contributed by atoms with Crippen LogP contribution in [0, 0.1) is 0 Å². The van der Waals surface area contributed by atoms with Gasteiger partial charge in [0.05, 0.1) is 4.90 Å². The fraction of sp³-hybridized carbons (Fsp3) is 0.455. The first-order valence-electron chi connectivity index (χ1n) is 10.6. The molecule has 0 aliphatic rings. The summed E-state index contributed by atoms with van der Waals surface area (Å²) in [6.07, 6.45) is 0.712. The first-order chi connectivity index (χ1) is 15.5. The molecular formula is C22H29N5O4S2. The normalized spacial score (nSPS) is 12.2. The number of hydrogen-bond acceptors (Lipinski definition) is 7. The smallest absolute Gasteiger partial charge is 0.277 e. The zero-order valence-corrected chi connectivity index (χ0v) is 21.3. The van der Waals surface area contributed by atoms with Gasteiger partial charge >= 0.3 is 5.69 Å². The molecule has 33 heavy (non-hydrogen) atoms. The third-order valence-corrected chi connectivity index (χ3v) is 8.04. The van der Waals surface area contributed by atoms with Gasteiger partial charge in [-0.3, -0.25) is 13.9 Å². The molecule has 178 valence electrons. The third kappa shape index (κ3) is 4.90. The van der Waals surface area contributed by atoms with Gasteiger partial charge in [-0.2, -0.15) is 0 Å². The molecule has 9 nitrogen and oxygen atoms in total. The summed E-state index contributed by atoms with van der Waals surface area (Å²) in [6, 6.07) is 6.71. The summed E-state index contributed by atoms with van der Waals surface area (Å²) in [4.78, 5) is 35.2. The predicted octanol–water partition coefficient (Wildman–Crippen LogP) is 2.57. The number of hydrogen-bond donors (Lipinski definition) is 0. The van der Waals surface area contributed by atoms with Crippen molar-refractivity contribution in [2.75, 3.05) is 14.1 Å². The minimum atomic E-state index is -3.56. The molecule has 0 saturated heterocycles. The van der Waals surface area contributed by atoms with Crippen molar-refractivity contribution in [1.29, 1.82) is 0 Å². The average molecular weight is 492 g/mol. The molecule has 2 aromatic heterocycles. The Morgan fingerprint density at radius 2 is 1.85 bits per heavy atom. The van der Waals surface area contributed by atoms with Gasteiger partial charge in [0, 0.05) is 39.4 Å². The Kier molecular flexibility index (Phi) is 7.45. The summed E-state index contributed by atoms with van der Waals surface area (Å²) in [7, 11) is 0.876. The molecule has 0 saturated carbocycles. The molecule has 0 radical (unpaired) electrons. The molecule has 0 fully saturated rings. The largest absolute Gasteiger partial charge is 0.332 e. The van der Waals surface area contributed by atoms with Crippen molar-refractivity contribution < 1.29 is 8.42 Å². The zero-order valence-electron chi connectivity index (χ0n) is 19.7. The maximum absolute atomic E-state index is 13.1. The Balaban J connectivity index is 2.14. The van der Waals surface area contributed by atoms with Crippen LogP contribution in [0.1, 0.15) is 44.5 Å². The van der Waals surface area contributed by atoms with E-state index < -0.39 is 21.3 Å². The molecule has 2 heterocycles. The average Bonchev–Trinajstić information content (AvgIpc) is 2.78. The van der Waals surface area contributed by atoms with Crippen molar-refractivity contribution in [3.8, 4) is 0 Å². The van der Waals surface area contributed by atoms with E-state index in [0.717, 1.165) is 10.1 Å². The van der Waals surface area contributed by atoms with E-state index in [1.807, 2.05) is 26.8 Å². The number of thioether (sulfide) groups is 1. The molecule has 0 amide bonds. The lowest BCUT2D eigenvalue weighted by Gasteiger charge is -2.15. The first-order valence-corrected chi connectivity index (χ1v) is 13.1. The van der Waals surface area contributed by atoms with E-state index in [2.05, 4.69) is 9.97 Å². The second-order valence-electron chi connectivity index (χ2n) is 8.26. The minimum Gasteiger partial charge on any atom is -0.277 e. The Morgan fingerprint density at radius 3 is 2.45 bits per heavy atom. The number of aromatic nitrogens is 4. The summed E-state index contributed by atoms with van der Waals surface area (Å²) >= 11 is 1.33. The van der Waals surface area contributed by atoms with E-state index in [1.165, 1.54) is 41.8 Å². The molecule has 3 aromatic rings. The lowest BCUT2D eigenvalue weighted by atomic mass is 10.2. The highest BCUT2D eigenvalue weighted by Crippen LogP contribution is 2.28. The molecule has 0 aliphatic carbocycles. The van der Waals surface area contributed by atoms with Crippen molar-refractivity contribution in [3.05, 3.63) is 56.5 Å². The van der Waals surface area contributed by atoms with Crippen LogP contribution in [0.2, 0.25) is 0 Å². The van der Waals surface area contributed by atoms with E-state index in [4.69, 9.17) is 0 Å². The fourth-order valence-electron chi connectivity index (χ4n) is 3.30. The first kappa shape index (κ1) is 25.1. The number of benzene rings is 1. The third-order valence-electron chi connectivity index (χ3n) is 5.18. The fourth-order valence-corrected chi connectivity index (χ4v) is 5.24. The summed E-state index contributed by atoms with van der Waals surface area (Å²) in [5.74, 6) is 0.944. The number of nitrogens with zero attached hydrogens (tertiary/aromatic N) is 5. The van der Waals surface area contributed by atoms with Crippen LogP contribution >= 0.6 is 11.8 Å². The van der Waals surface area contributed by atoms with Crippen LogP contribution in [-0.4, -0.2) is 45.9 Å². The molecule has 0 aliphatic heterocycles. The molecule has 0 bridgehead atoms. The van der Waals surface area contributed by atoms with Gasteiger partial charge in [-0.25, -0.2) is 27.5 Å². The minimum absolute atomic E-state index is 0.00320. The van der Waals surface area contributed by atoms with Gasteiger partial charge in [0.15, 0.2) is 5.65 Å². The molecular weight excluding hydrogens is 462 g/mol. The highest BCUT2D eigenvalue weighted by molar-refractivity contribution is 7.98. The topological polar surface area (TPSA) is 107 Å². The van der Waals surface area contributed by atoms with Crippen LogP contribution in [0.4, 0.5) is 0 Å². The molecule has 11 heteroatoms. The van der Waals surface area contributed by atoms with Gasteiger partial charge in [-0.05, 0) is 24.1 Å². The van der Waals surface area contributed by atoms with Crippen molar-refractivity contribution in [2.24, 2.45) is 7.05 Å². The predicted molar refractivity (Wildman–Crippen MR) is 130 cm³/mol. The van der Waals surface area contributed by atoms with Crippen LogP contribution in [0.3, 0.4) is 0 Å². The van der Waals surface area contributed by atoms with Gasteiger partial charge in [0.2, 0.25) is 10.0 Å². The quantitative estimate of drug-likeness (QED) is 0.352. The van der Waals surface area contributed by atoms with Crippen LogP contribution in [0.5, 0.6) is 0 Å². The SMILES string of the molecule is CCCn1c(=O)n(C)c(=O)c2c(SCc3cccc(S(=O)(=O)N(C)C)c3)nc(C(C)C)nc21. The second kappa shape index (κ2) is 9.78. The van der Waals surface area contributed by atoms with Crippen LogP contribution in [0.15, 0.2) is 43.8 Å². The lowest BCUT2D eigenvalue weighted by molar-refractivity contribution is 0.520. The standard InChI is InChI=1S/C22H29N5O4S2/c1-7-11-27-19-17(21(28)26(6)22(27)29)20(24-18(23-19)14(2)3)32-13-15-9-8-10-16(12-15)33(30,31)25(4)5/h8-10,12,14H,7,11,13H2,1-6H3. The number of aryl methyl sites for hydroxylation is 1. The molecule has 3 rings (SSSR count). The van der Waals surface area contributed by atoms with Gasteiger partial charge < -0.3 is 0 Å². The molecule has 0 unspecified atom stereocenters. The van der Waals surface area contributed by atoms with Crippen molar-refractivity contribution >= 4 is 32.8 Å². The van der Waals surface area contributed by atoms with Crippen molar-refractivity contribution in [3.63, 3.8) is 0 Å². The number of rotatable bonds is 8. The lowest BCUT2D eigenvalue weighted by Crippen LogP contribution is -2.39. The Hall–Kier alpha value is -2.50. The summed E-state index contributed by atoms with van der Waals surface area (Å²) in [6.45, 7) is 6.30. The highest BCUT2D eigenvalue weighted by atomic mass is 32.2. The summed E-state index contributed by atoms with van der Waals surface area (Å²) < 4.78 is 28.8. The summed E-state index contributed by atoms with van der Waals surface area (Å²) in [5.41, 5.74) is 0.277. The molecule has 0 atom stereocenters. The van der Waals surface area contributed by atoms with E-state index in [9.17, 15) is 18.0 Å². The molecule has 0 spiro atoms.